The number of hydrogen-bond donors (Lipinski definition) is 1. The molecule has 198 valence electrons. The van der Waals surface area contributed by atoms with Crippen molar-refractivity contribution in [2.45, 2.75) is 47.1 Å². The Balaban J connectivity index is 0.000000226. The zero-order chi connectivity index (χ0) is 27.9. The van der Waals surface area contributed by atoms with E-state index in [0.717, 1.165) is 6.42 Å². The molecule has 2 nitrogen and oxygen atoms in total. The van der Waals surface area contributed by atoms with E-state index in [-0.39, 0.29) is 0 Å². The minimum Gasteiger partial charge on any atom is -0.403 e. The van der Waals surface area contributed by atoms with Gasteiger partial charge in [-0.3, -0.25) is 0 Å². The van der Waals surface area contributed by atoms with E-state index < -0.39 is 0 Å². The summed E-state index contributed by atoms with van der Waals surface area (Å²) in [6.45, 7) is 13.6. The number of fused-ring (bicyclic) bond motifs is 3. The van der Waals surface area contributed by atoms with Crippen molar-refractivity contribution in [1.82, 2.24) is 4.57 Å². The maximum atomic E-state index is 4.92. The van der Waals surface area contributed by atoms with E-state index in [1.165, 1.54) is 55.2 Å². The van der Waals surface area contributed by atoms with Gasteiger partial charge >= 0.3 is 0 Å². The molecule has 2 heteroatoms. The Morgan fingerprint density at radius 1 is 0.718 bits per heavy atom. The summed E-state index contributed by atoms with van der Waals surface area (Å²) in [7, 11) is 0. The summed E-state index contributed by atoms with van der Waals surface area (Å²) in [6.07, 6.45) is 9.91. The van der Waals surface area contributed by atoms with Crippen LogP contribution in [0.4, 0.5) is 0 Å². The highest BCUT2D eigenvalue weighted by atomic mass is 15.0. The molecule has 0 saturated heterocycles. The highest BCUT2D eigenvalue weighted by molar-refractivity contribution is 6.09. The van der Waals surface area contributed by atoms with E-state index in [2.05, 4.69) is 148 Å². The smallest absolute Gasteiger partial charge is 0.0560 e. The van der Waals surface area contributed by atoms with Gasteiger partial charge in [0.2, 0.25) is 0 Å². The van der Waals surface area contributed by atoms with Gasteiger partial charge in [-0.1, -0.05) is 109 Å². The van der Waals surface area contributed by atoms with Gasteiger partial charge in [0.05, 0.1) is 6.04 Å². The van der Waals surface area contributed by atoms with Crippen LogP contribution < -0.4 is 5.73 Å². The molecule has 1 aromatic heterocycles. The van der Waals surface area contributed by atoms with Crippen LogP contribution in [0.25, 0.3) is 32.9 Å². The molecule has 4 aromatic carbocycles. The van der Waals surface area contributed by atoms with Gasteiger partial charge < -0.3 is 10.3 Å². The van der Waals surface area contributed by atoms with Gasteiger partial charge in [0, 0.05) is 21.8 Å². The summed E-state index contributed by atoms with van der Waals surface area (Å²) < 4.78 is 2.49. The first-order chi connectivity index (χ1) is 18.7. The van der Waals surface area contributed by atoms with Gasteiger partial charge in [-0.25, -0.2) is 0 Å². The molecule has 5 aromatic rings. The summed E-state index contributed by atoms with van der Waals surface area (Å²) in [5.41, 5.74) is 16.2. The number of hydrogen-bond acceptors (Lipinski definition) is 1. The lowest BCUT2D eigenvalue weighted by Gasteiger charge is -2.18. The largest absolute Gasteiger partial charge is 0.403 e. The lowest BCUT2D eigenvalue weighted by molar-refractivity contribution is 0.648. The lowest BCUT2D eigenvalue weighted by atomic mass is 10.0. The minimum atomic E-state index is 0.382. The number of aromatic nitrogens is 1. The van der Waals surface area contributed by atoms with Crippen molar-refractivity contribution < 1.29 is 0 Å². The number of aryl methyl sites for hydroxylation is 4. The first-order valence-corrected chi connectivity index (χ1v) is 13.6. The van der Waals surface area contributed by atoms with Crippen molar-refractivity contribution in [1.29, 1.82) is 0 Å². The van der Waals surface area contributed by atoms with Crippen molar-refractivity contribution in [3.05, 3.63) is 144 Å². The highest BCUT2D eigenvalue weighted by Gasteiger charge is 2.17. The molecule has 0 amide bonds. The SMILES string of the molecule is C=C(C)N.Cc1ccc(C)c(C)c1.Cc1cccc(-c2ccc3c(c2)c2ccccc2n3C2C=CC=CC2)c1. The Hall–Kier alpha value is -4.30. The molecule has 1 aliphatic carbocycles. The monoisotopic (exact) mass is 512 g/mol. The number of benzene rings is 4. The van der Waals surface area contributed by atoms with Crippen LogP contribution in [0.15, 0.2) is 122 Å². The van der Waals surface area contributed by atoms with E-state index >= 15 is 0 Å². The van der Waals surface area contributed by atoms with E-state index in [9.17, 15) is 0 Å². The topological polar surface area (TPSA) is 30.9 Å². The summed E-state index contributed by atoms with van der Waals surface area (Å²) in [6, 6.07) is 31.3. The molecule has 1 heterocycles. The Morgan fingerprint density at radius 3 is 2.08 bits per heavy atom. The summed E-state index contributed by atoms with van der Waals surface area (Å²) in [5, 5.41) is 2.67. The van der Waals surface area contributed by atoms with Gasteiger partial charge in [-0.15, -0.1) is 0 Å². The normalized spacial score (nSPS) is 13.9. The van der Waals surface area contributed by atoms with Crippen molar-refractivity contribution in [2.75, 3.05) is 0 Å². The fourth-order valence-electron chi connectivity index (χ4n) is 5.01. The fourth-order valence-corrected chi connectivity index (χ4v) is 5.01. The molecule has 1 atom stereocenters. The van der Waals surface area contributed by atoms with E-state index in [1.54, 1.807) is 6.92 Å². The Bertz CT molecular complexity index is 1660. The standard InChI is InChI=1S/C25H21N.C9H12.C3H7N/c1-18-8-7-9-19(16-18)20-14-15-25-23(17-20)22-12-5-6-13-24(22)26(25)21-10-3-2-4-11-21;1-7-4-5-8(2)9(3)6-7;1-3(2)4/h2-10,12-17,21H,11H2,1H3;4-6H,1-3H3;1,4H2,2H3. The summed E-state index contributed by atoms with van der Waals surface area (Å²) in [4.78, 5) is 0. The summed E-state index contributed by atoms with van der Waals surface area (Å²) >= 11 is 0. The minimum absolute atomic E-state index is 0.382. The molecule has 1 unspecified atom stereocenters. The van der Waals surface area contributed by atoms with Gasteiger partial charge in [0.1, 0.15) is 0 Å². The molecule has 39 heavy (non-hydrogen) atoms. The molecule has 1 aliphatic rings. The highest BCUT2D eigenvalue weighted by Crippen LogP contribution is 2.36. The van der Waals surface area contributed by atoms with Gasteiger partial charge in [0.15, 0.2) is 0 Å². The van der Waals surface area contributed by atoms with Gasteiger partial charge in [-0.05, 0) is 87.2 Å². The molecule has 0 fully saturated rings. The third-order valence-electron chi connectivity index (χ3n) is 7.01. The number of para-hydroxylation sites is 1. The number of nitrogens with zero attached hydrogens (tertiary/aromatic N) is 1. The maximum absolute atomic E-state index is 4.92. The van der Waals surface area contributed by atoms with Crippen LogP contribution in [0.3, 0.4) is 0 Å². The molecule has 0 radical (unpaired) electrons. The van der Waals surface area contributed by atoms with Crippen LogP contribution in [0.2, 0.25) is 0 Å². The quantitative estimate of drug-likeness (QED) is 0.251. The van der Waals surface area contributed by atoms with Crippen molar-refractivity contribution in [3.63, 3.8) is 0 Å². The predicted molar refractivity (Wildman–Crippen MR) is 171 cm³/mol. The second-order valence-electron chi connectivity index (χ2n) is 10.5. The molecule has 0 spiro atoms. The maximum Gasteiger partial charge on any atom is 0.0560 e. The van der Waals surface area contributed by atoms with Gasteiger partial charge in [0.25, 0.3) is 0 Å². The molecular formula is C37H40N2. The first-order valence-electron chi connectivity index (χ1n) is 13.6. The number of rotatable bonds is 2. The first kappa shape index (κ1) is 27.7. The average Bonchev–Trinajstić information content (AvgIpc) is 3.25. The molecule has 0 saturated carbocycles. The number of allylic oxidation sites excluding steroid dienone is 5. The van der Waals surface area contributed by atoms with Crippen molar-refractivity contribution in [3.8, 4) is 11.1 Å². The number of nitrogens with two attached hydrogens (primary N) is 1. The van der Waals surface area contributed by atoms with E-state index in [0.29, 0.717) is 11.7 Å². The molecule has 0 bridgehead atoms. The fraction of sp³-hybridized carbons (Fsp3) is 0.189. The molecular weight excluding hydrogens is 472 g/mol. The Kier molecular flexibility index (Phi) is 8.88. The van der Waals surface area contributed by atoms with Crippen LogP contribution in [0, 0.1) is 27.7 Å². The van der Waals surface area contributed by atoms with E-state index in [4.69, 9.17) is 5.73 Å². The van der Waals surface area contributed by atoms with Crippen LogP contribution in [0.1, 0.15) is 41.6 Å². The molecule has 6 rings (SSSR count). The Labute approximate surface area is 233 Å². The zero-order valence-electron chi connectivity index (χ0n) is 23.9. The second-order valence-corrected chi connectivity index (χ2v) is 10.5. The van der Waals surface area contributed by atoms with E-state index in [1.807, 2.05) is 0 Å². The predicted octanol–water partition coefficient (Wildman–Crippen LogP) is 9.92. The molecule has 2 N–H and O–H groups in total. The van der Waals surface area contributed by atoms with Crippen molar-refractivity contribution >= 4 is 21.8 Å². The zero-order valence-corrected chi connectivity index (χ0v) is 23.9. The third kappa shape index (κ3) is 6.78. The second kappa shape index (κ2) is 12.5. The van der Waals surface area contributed by atoms with Crippen LogP contribution in [-0.4, -0.2) is 4.57 Å². The van der Waals surface area contributed by atoms with Crippen molar-refractivity contribution in [2.24, 2.45) is 5.73 Å². The Morgan fingerprint density at radius 2 is 1.41 bits per heavy atom. The third-order valence-corrected chi connectivity index (χ3v) is 7.01. The van der Waals surface area contributed by atoms with Gasteiger partial charge in [-0.2, -0.15) is 0 Å². The average molecular weight is 513 g/mol. The summed E-state index contributed by atoms with van der Waals surface area (Å²) in [5.74, 6) is 0. The molecule has 0 aliphatic heterocycles. The van der Waals surface area contributed by atoms with Crippen LogP contribution in [-0.2, 0) is 0 Å². The van der Waals surface area contributed by atoms with Crippen LogP contribution in [0.5, 0.6) is 0 Å². The lowest BCUT2D eigenvalue weighted by Crippen LogP contribution is -2.06. The van der Waals surface area contributed by atoms with Crippen LogP contribution >= 0.6 is 0 Å².